The van der Waals surface area contributed by atoms with Gasteiger partial charge in [0.2, 0.25) is 0 Å². The van der Waals surface area contributed by atoms with Crippen LogP contribution in [0.3, 0.4) is 0 Å². The lowest BCUT2D eigenvalue weighted by Gasteiger charge is -2.46. The highest BCUT2D eigenvalue weighted by molar-refractivity contribution is 7.42. The zero-order valence-electron chi connectivity index (χ0n) is 10.4. The van der Waals surface area contributed by atoms with Crippen LogP contribution in [0.25, 0.3) is 0 Å². The number of rotatable bonds is 4. The molecule has 0 unspecified atom stereocenters. The maximum absolute atomic E-state index is 5.88. The Balaban J connectivity index is 1.30. The van der Waals surface area contributed by atoms with Crippen molar-refractivity contribution in [1.29, 1.82) is 0 Å². The molecule has 6 rings (SSSR count). The number of ether oxygens (including phenoxy) is 1. The average molecular weight is 310 g/mol. The van der Waals surface area contributed by atoms with Gasteiger partial charge in [-0.15, -0.1) is 0 Å². The third-order valence-corrected chi connectivity index (χ3v) is 5.71. The van der Waals surface area contributed by atoms with E-state index in [0.717, 1.165) is 0 Å². The fraction of sp³-hybridized carbons (Fsp3) is 1.00. The summed E-state index contributed by atoms with van der Waals surface area (Å²) in [6, 6.07) is 0. The molecule has 0 aliphatic carbocycles. The second-order valence-electron chi connectivity index (χ2n) is 5.58. The van der Waals surface area contributed by atoms with E-state index in [1.165, 1.54) is 0 Å². The lowest BCUT2D eigenvalue weighted by molar-refractivity contribution is -0.147. The summed E-state index contributed by atoms with van der Waals surface area (Å²) in [4.78, 5) is 0. The van der Waals surface area contributed by atoms with Crippen LogP contribution in [0.4, 0.5) is 0 Å². The van der Waals surface area contributed by atoms with Gasteiger partial charge in [-0.1, -0.05) is 0 Å². The average Bonchev–Trinajstić information content (AvgIpc) is 2.50. The summed E-state index contributed by atoms with van der Waals surface area (Å²) in [6.07, 6.45) is 0. The Hall–Kier alpha value is 0.580. The number of hydrogen-bond acceptors (Lipinski definition) is 7. The van der Waals surface area contributed by atoms with E-state index in [4.69, 9.17) is 31.9 Å². The Kier molecular flexibility index (Phi) is 3.55. The molecule has 0 N–H and O–H groups in total. The molecule has 9 heteroatoms. The van der Waals surface area contributed by atoms with Crippen LogP contribution in [0, 0.1) is 10.8 Å². The molecule has 6 saturated heterocycles. The van der Waals surface area contributed by atoms with Crippen molar-refractivity contribution in [2.75, 3.05) is 52.9 Å². The van der Waals surface area contributed by atoms with Gasteiger partial charge in [-0.05, 0) is 0 Å². The van der Waals surface area contributed by atoms with Crippen LogP contribution in [-0.2, 0) is 31.9 Å². The monoisotopic (exact) mass is 310 g/mol. The lowest BCUT2D eigenvalue weighted by atomic mass is 9.90. The lowest BCUT2D eigenvalue weighted by Crippen LogP contribution is -2.50. The van der Waals surface area contributed by atoms with E-state index in [9.17, 15) is 0 Å². The summed E-state index contributed by atoms with van der Waals surface area (Å²) >= 11 is 0. The zero-order chi connectivity index (χ0) is 12.8. The first-order valence-electron chi connectivity index (χ1n) is 6.23. The molecule has 0 saturated carbocycles. The summed E-state index contributed by atoms with van der Waals surface area (Å²) in [5, 5.41) is 0. The minimum atomic E-state index is -1.08. The van der Waals surface area contributed by atoms with Crippen molar-refractivity contribution < 1.29 is 31.9 Å². The SMILES string of the molecule is C(OCC12COP(OC1)OC2)C12COP(OC1)OC2. The minimum absolute atomic E-state index is 0.160. The molecule has 4 bridgehead atoms. The fourth-order valence-electron chi connectivity index (χ4n) is 2.35. The van der Waals surface area contributed by atoms with Gasteiger partial charge in [0, 0.05) is 0 Å². The third-order valence-electron chi connectivity index (χ3n) is 3.67. The zero-order valence-corrected chi connectivity index (χ0v) is 12.2. The van der Waals surface area contributed by atoms with Gasteiger partial charge in [-0.3, -0.25) is 0 Å². The van der Waals surface area contributed by atoms with Gasteiger partial charge in [0.05, 0.1) is 63.7 Å². The predicted molar refractivity (Wildman–Crippen MR) is 65.2 cm³/mol. The fourth-order valence-corrected chi connectivity index (χ4v) is 5.07. The van der Waals surface area contributed by atoms with Crippen molar-refractivity contribution in [1.82, 2.24) is 0 Å². The molecule has 6 fully saturated rings. The normalized spacial score (nSPS) is 48.6. The quantitative estimate of drug-likeness (QED) is 0.730. The van der Waals surface area contributed by atoms with Crippen LogP contribution in [-0.4, -0.2) is 52.9 Å². The summed E-state index contributed by atoms with van der Waals surface area (Å²) < 4.78 is 38.6. The van der Waals surface area contributed by atoms with Crippen molar-refractivity contribution in [3.63, 3.8) is 0 Å². The van der Waals surface area contributed by atoms with Gasteiger partial charge in [-0.2, -0.15) is 0 Å². The van der Waals surface area contributed by atoms with Gasteiger partial charge in [0.15, 0.2) is 0 Å². The Bertz CT molecular complexity index is 279. The van der Waals surface area contributed by atoms with Crippen LogP contribution in [0.15, 0.2) is 0 Å². The van der Waals surface area contributed by atoms with E-state index in [0.29, 0.717) is 52.9 Å². The van der Waals surface area contributed by atoms with E-state index in [2.05, 4.69) is 0 Å². The maximum Gasteiger partial charge on any atom is 0.332 e. The molecule has 6 aliphatic heterocycles. The standard InChI is InChI=1S/C10H16O7P2/c1(9-3-12-18(13-4-9)14-5-9)11-2-10-6-15-19(16-7-10)17-8-10/h1-8H2. The molecule has 19 heavy (non-hydrogen) atoms. The first-order valence-corrected chi connectivity index (χ1v) is 8.42. The van der Waals surface area contributed by atoms with Gasteiger partial charge >= 0.3 is 17.2 Å². The van der Waals surface area contributed by atoms with E-state index in [1.807, 2.05) is 0 Å². The molecular weight excluding hydrogens is 294 g/mol. The van der Waals surface area contributed by atoms with Crippen molar-refractivity contribution in [3.05, 3.63) is 0 Å². The first kappa shape index (κ1) is 13.3. The van der Waals surface area contributed by atoms with Gasteiger partial charge in [0.1, 0.15) is 0 Å². The van der Waals surface area contributed by atoms with Gasteiger partial charge in [0.25, 0.3) is 0 Å². The van der Waals surface area contributed by atoms with Crippen LogP contribution >= 0.6 is 17.2 Å². The van der Waals surface area contributed by atoms with E-state index >= 15 is 0 Å². The first-order chi connectivity index (χ1) is 9.28. The van der Waals surface area contributed by atoms with E-state index < -0.39 is 17.2 Å². The van der Waals surface area contributed by atoms with Crippen LogP contribution in [0.1, 0.15) is 0 Å². The van der Waals surface area contributed by atoms with Crippen molar-refractivity contribution in [2.45, 2.75) is 0 Å². The molecule has 6 heterocycles. The summed E-state index contributed by atoms with van der Waals surface area (Å²) in [5.41, 5.74) is -0.321. The van der Waals surface area contributed by atoms with Crippen molar-refractivity contribution in [3.8, 4) is 0 Å². The molecule has 6 aliphatic rings. The Morgan fingerprint density at radius 2 is 0.947 bits per heavy atom. The molecule has 0 aromatic carbocycles. The molecule has 0 radical (unpaired) electrons. The van der Waals surface area contributed by atoms with Gasteiger partial charge < -0.3 is 31.9 Å². The van der Waals surface area contributed by atoms with Crippen LogP contribution in [0.2, 0.25) is 0 Å². The summed E-state index contributed by atoms with van der Waals surface area (Å²) in [7, 11) is -2.17. The van der Waals surface area contributed by atoms with Crippen LogP contribution in [0.5, 0.6) is 0 Å². The second kappa shape index (κ2) is 5.09. The number of hydrogen-bond donors (Lipinski definition) is 0. The van der Waals surface area contributed by atoms with Crippen molar-refractivity contribution in [2.24, 2.45) is 10.8 Å². The van der Waals surface area contributed by atoms with E-state index in [-0.39, 0.29) is 10.8 Å². The topological polar surface area (TPSA) is 64.6 Å². The highest BCUT2D eigenvalue weighted by Gasteiger charge is 2.48. The van der Waals surface area contributed by atoms with E-state index in [1.54, 1.807) is 0 Å². The van der Waals surface area contributed by atoms with Gasteiger partial charge in [-0.25, -0.2) is 0 Å². The highest BCUT2D eigenvalue weighted by atomic mass is 31.2. The predicted octanol–water partition coefficient (Wildman–Crippen LogP) is 1.58. The molecule has 0 atom stereocenters. The third kappa shape index (κ3) is 2.57. The Morgan fingerprint density at radius 3 is 1.26 bits per heavy atom. The minimum Gasteiger partial charge on any atom is -0.380 e. The number of fused-ring (bicyclic) bond motifs is 6. The maximum atomic E-state index is 5.88. The summed E-state index contributed by atoms with van der Waals surface area (Å²) in [5.74, 6) is 0. The smallest absolute Gasteiger partial charge is 0.332 e. The molecular formula is C10H16O7P2. The molecule has 0 spiro atoms. The van der Waals surface area contributed by atoms with Crippen molar-refractivity contribution >= 4 is 17.2 Å². The molecule has 0 aromatic rings. The second-order valence-corrected chi connectivity index (χ2v) is 8.02. The highest BCUT2D eigenvalue weighted by Crippen LogP contribution is 2.54. The molecule has 7 nitrogen and oxygen atoms in total. The van der Waals surface area contributed by atoms with Crippen LogP contribution < -0.4 is 0 Å². The molecule has 0 amide bonds. The Labute approximate surface area is 113 Å². The largest absolute Gasteiger partial charge is 0.380 e. The molecule has 108 valence electrons. The summed E-state index contributed by atoms with van der Waals surface area (Å²) in [6.45, 7) is 5.04. The Morgan fingerprint density at radius 1 is 0.632 bits per heavy atom. The molecule has 0 aromatic heterocycles.